The average Bonchev–Trinajstić information content (AvgIpc) is 2.56. The van der Waals surface area contributed by atoms with Gasteiger partial charge in [0.2, 0.25) is 0 Å². The Balaban J connectivity index is 2.01. The third-order valence-electron chi connectivity index (χ3n) is 3.81. The fraction of sp³-hybridized carbons (Fsp3) is 0.235. The largest absolute Gasteiger partial charge is 0.312 e. The summed E-state index contributed by atoms with van der Waals surface area (Å²) in [6.45, 7) is 0. The molecule has 0 aliphatic heterocycles. The predicted molar refractivity (Wildman–Crippen MR) is 90.9 cm³/mol. The Hall–Kier alpha value is -2.03. The lowest BCUT2D eigenvalue weighted by molar-refractivity contribution is 0.102. The molecule has 1 aliphatic rings. The third-order valence-corrected chi connectivity index (χ3v) is 5.25. The zero-order valence-electron chi connectivity index (χ0n) is 11.9. The molecule has 1 N–H and O–H groups in total. The summed E-state index contributed by atoms with van der Waals surface area (Å²) in [4.78, 5) is 12.3. The first-order valence-electron chi connectivity index (χ1n) is 7.16. The van der Waals surface area contributed by atoms with Crippen LogP contribution in [0, 0.1) is 15.2 Å². The second kappa shape index (κ2) is 6.39. The van der Waals surface area contributed by atoms with E-state index in [1.165, 1.54) is 11.3 Å². The van der Waals surface area contributed by atoms with Crippen molar-refractivity contribution in [2.24, 2.45) is 0 Å². The first-order chi connectivity index (χ1) is 10.7. The third kappa shape index (κ3) is 2.80. The second-order valence-electron chi connectivity index (χ2n) is 5.19. The Morgan fingerprint density at radius 1 is 1.18 bits per heavy atom. The molecule has 1 aliphatic carbocycles. The average molecular weight is 326 g/mol. The maximum Gasteiger partial charge on any atom is 0.256 e. The molecule has 0 spiro atoms. The van der Waals surface area contributed by atoms with Crippen molar-refractivity contribution >= 4 is 34.5 Å². The van der Waals surface area contributed by atoms with Gasteiger partial charge in [0.1, 0.15) is 11.1 Å². The van der Waals surface area contributed by atoms with Crippen LogP contribution in [0.1, 0.15) is 39.9 Å². The van der Waals surface area contributed by atoms with E-state index in [-0.39, 0.29) is 5.91 Å². The number of amides is 1. The summed E-state index contributed by atoms with van der Waals surface area (Å²) in [7, 11) is 0. The van der Waals surface area contributed by atoms with Gasteiger partial charge in [-0.3, -0.25) is 4.79 Å². The molecular formula is C17H14N2OS2. The quantitative estimate of drug-likeness (QED) is 0.828. The smallest absolute Gasteiger partial charge is 0.256 e. The number of carbonyl (C=O) groups excluding carboxylic acids is 1. The van der Waals surface area contributed by atoms with E-state index in [1.54, 1.807) is 12.1 Å². The topological polar surface area (TPSA) is 52.9 Å². The van der Waals surface area contributed by atoms with Gasteiger partial charge in [-0.15, -0.1) is 11.3 Å². The number of carbonyl (C=O) groups is 1. The maximum absolute atomic E-state index is 12.3. The van der Waals surface area contributed by atoms with Crippen molar-refractivity contribution in [3.63, 3.8) is 0 Å². The zero-order valence-corrected chi connectivity index (χ0v) is 13.5. The summed E-state index contributed by atoms with van der Waals surface area (Å²) < 4.78 is 0.789. The molecule has 0 radical (unpaired) electrons. The first-order valence-corrected chi connectivity index (χ1v) is 8.38. The van der Waals surface area contributed by atoms with Crippen LogP contribution in [0.25, 0.3) is 0 Å². The molecule has 0 saturated heterocycles. The molecule has 1 heterocycles. The molecule has 3 nitrogen and oxygen atoms in total. The Kier molecular flexibility index (Phi) is 4.32. The van der Waals surface area contributed by atoms with Gasteiger partial charge in [-0.1, -0.05) is 30.4 Å². The van der Waals surface area contributed by atoms with Crippen LogP contribution in [-0.2, 0) is 12.8 Å². The van der Waals surface area contributed by atoms with E-state index in [0.717, 1.165) is 40.6 Å². The summed E-state index contributed by atoms with van der Waals surface area (Å²) in [6.07, 6.45) is 3.98. The number of nitriles is 1. The molecule has 110 valence electrons. The van der Waals surface area contributed by atoms with Crippen LogP contribution in [0.15, 0.2) is 30.3 Å². The lowest BCUT2D eigenvalue weighted by Crippen LogP contribution is -2.14. The number of rotatable bonds is 2. The highest BCUT2D eigenvalue weighted by atomic mass is 32.1. The number of nitrogens with zero attached hydrogens (tertiary/aromatic N) is 1. The SMILES string of the molecule is N#Cc1c(NC(=O)c2ccccc2)sc(=S)c2c1CCCC2. The van der Waals surface area contributed by atoms with Crippen molar-refractivity contribution in [2.75, 3.05) is 5.32 Å². The van der Waals surface area contributed by atoms with E-state index >= 15 is 0 Å². The minimum Gasteiger partial charge on any atom is -0.312 e. The monoisotopic (exact) mass is 326 g/mol. The molecule has 0 unspecified atom stereocenters. The highest BCUT2D eigenvalue weighted by Crippen LogP contribution is 2.34. The molecule has 1 amide bonds. The molecule has 22 heavy (non-hydrogen) atoms. The molecule has 5 heteroatoms. The lowest BCUT2D eigenvalue weighted by Gasteiger charge is -2.18. The van der Waals surface area contributed by atoms with Crippen LogP contribution in [0.5, 0.6) is 0 Å². The number of hydrogen-bond acceptors (Lipinski definition) is 4. The summed E-state index contributed by atoms with van der Waals surface area (Å²) in [5.74, 6) is -0.210. The number of nitrogens with one attached hydrogen (secondary N) is 1. The zero-order chi connectivity index (χ0) is 15.5. The van der Waals surface area contributed by atoms with Crippen LogP contribution in [0.4, 0.5) is 5.00 Å². The van der Waals surface area contributed by atoms with Crippen molar-refractivity contribution in [2.45, 2.75) is 25.7 Å². The van der Waals surface area contributed by atoms with E-state index in [1.807, 2.05) is 18.2 Å². The summed E-state index contributed by atoms with van der Waals surface area (Å²) >= 11 is 6.79. The van der Waals surface area contributed by atoms with E-state index in [2.05, 4.69) is 11.4 Å². The van der Waals surface area contributed by atoms with Gasteiger partial charge in [0, 0.05) is 5.56 Å². The van der Waals surface area contributed by atoms with E-state index in [0.29, 0.717) is 16.1 Å². The van der Waals surface area contributed by atoms with E-state index in [9.17, 15) is 10.1 Å². The van der Waals surface area contributed by atoms with Gasteiger partial charge in [0.25, 0.3) is 5.91 Å². The fourth-order valence-electron chi connectivity index (χ4n) is 2.72. The van der Waals surface area contributed by atoms with Gasteiger partial charge >= 0.3 is 0 Å². The van der Waals surface area contributed by atoms with Gasteiger partial charge in [-0.2, -0.15) is 5.26 Å². The lowest BCUT2D eigenvalue weighted by atomic mass is 9.91. The van der Waals surface area contributed by atoms with Crippen LogP contribution in [0.2, 0.25) is 0 Å². The van der Waals surface area contributed by atoms with Crippen molar-refractivity contribution in [1.29, 1.82) is 5.26 Å². The minimum absolute atomic E-state index is 0.210. The number of benzene rings is 1. The van der Waals surface area contributed by atoms with Gasteiger partial charge in [0.05, 0.1) is 9.39 Å². The van der Waals surface area contributed by atoms with Crippen LogP contribution in [-0.4, -0.2) is 5.91 Å². The Labute approximate surface area is 138 Å². The first kappa shape index (κ1) is 14.9. The standard InChI is InChI=1S/C17H14N2OS2/c18-10-14-12-8-4-5-9-13(12)17(21)22-16(14)19-15(20)11-6-2-1-3-7-11/h1-3,6-7H,4-5,8-9H2,(H,19,20). The van der Waals surface area contributed by atoms with Crippen molar-refractivity contribution in [3.8, 4) is 6.07 Å². The predicted octanol–water partition coefficient (Wildman–Crippen LogP) is 4.48. The molecule has 0 fully saturated rings. The maximum atomic E-state index is 12.3. The number of hydrogen-bond donors (Lipinski definition) is 1. The van der Waals surface area contributed by atoms with Gasteiger partial charge in [-0.25, -0.2) is 0 Å². The fourth-order valence-corrected chi connectivity index (χ4v) is 4.14. The highest BCUT2D eigenvalue weighted by molar-refractivity contribution is 7.73. The molecule has 1 aromatic heterocycles. The van der Waals surface area contributed by atoms with Gasteiger partial charge < -0.3 is 5.32 Å². The van der Waals surface area contributed by atoms with Crippen LogP contribution < -0.4 is 5.32 Å². The summed E-state index contributed by atoms with van der Waals surface area (Å²) in [5, 5.41) is 13.0. The highest BCUT2D eigenvalue weighted by Gasteiger charge is 2.20. The molecule has 0 bridgehead atoms. The van der Waals surface area contributed by atoms with E-state index in [4.69, 9.17) is 12.2 Å². The molecule has 2 aromatic rings. The van der Waals surface area contributed by atoms with Crippen molar-refractivity contribution in [1.82, 2.24) is 0 Å². The number of anilines is 1. The molecule has 3 rings (SSSR count). The summed E-state index contributed by atoms with van der Waals surface area (Å²) in [6, 6.07) is 11.2. The minimum atomic E-state index is -0.210. The van der Waals surface area contributed by atoms with Crippen LogP contribution in [0.3, 0.4) is 0 Å². The summed E-state index contributed by atoms with van der Waals surface area (Å²) in [5.41, 5.74) is 3.31. The van der Waals surface area contributed by atoms with Crippen LogP contribution >= 0.6 is 23.6 Å². The Morgan fingerprint density at radius 2 is 1.86 bits per heavy atom. The number of fused-ring (bicyclic) bond motifs is 1. The molecule has 0 saturated carbocycles. The van der Waals surface area contributed by atoms with Crippen molar-refractivity contribution < 1.29 is 4.79 Å². The van der Waals surface area contributed by atoms with E-state index < -0.39 is 0 Å². The van der Waals surface area contributed by atoms with Gasteiger partial charge in [0.15, 0.2) is 0 Å². The van der Waals surface area contributed by atoms with Crippen molar-refractivity contribution in [3.05, 3.63) is 56.4 Å². The second-order valence-corrected chi connectivity index (χ2v) is 6.88. The van der Waals surface area contributed by atoms with Gasteiger partial charge in [-0.05, 0) is 48.9 Å². The molecule has 1 aromatic carbocycles. The Morgan fingerprint density at radius 3 is 2.55 bits per heavy atom. The Bertz CT molecular complexity index is 819. The normalized spacial score (nSPS) is 13.0. The molecular weight excluding hydrogens is 312 g/mol. The molecule has 0 atom stereocenters.